The lowest BCUT2D eigenvalue weighted by Crippen LogP contribution is -2.22. The monoisotopic (exact) mass is 237 g/mol. The van der Waals surface area contributed by atoms with E-state index in [9.17, 15) is 0 Å². The predicted octanol–water partition coefficient (Wildman–Crippen LogP) is 2.93. The van der Waals surface area contributed by atoms with Crippen molar-refractivity contribution in [2.45, 2.75) is 29.4 Å². The van der Waals surface area contributed by atoms with Crippen LogP contribution in [0.2, 0.25) is 0 Å². The molecule has 16 heavy (non-hydrogen) atoms. The Labute approximate surface area is 102 Å². The molecule has 0 spiro atoms. The third kappa shape index (κ3) is 3.16. The Morgan fingerprint density at radius 1 is 1.31 bits per heavy atom. The minimum atomic E-state index is 0.679. The second-order valence-electron chi connectivity index (χ2n) is 4.09. The molecule has 1 unspecified atom stereocenters. The van der Waals surface area contributed by atoms with Gasteiger partial charge in [0.1, 0.15) is 5.75 Å². The summed E-state index contributed by atoms with van der Waals surface area (Å²) in [5, 5.41) is 4.17. The molecule has 0 aromatic heterocycles. The standard InChI is InChI=1S/C13H19NOS/c1-15-12-7-2-3-8-13(12)16-11-6-4-5-9-14-10-11/h2-3,7-8,11,14H,4-6,9-10H2,1H3. The number of hydrogen-bond acceptors (Lipinski definition) is 3. The summed E-state index contributed by atoms with van der Waals surface area (Å²) in [7, 11) is 1.74. The first-order chi connectivity index (χ1) is 7.90. The molecule has 2 rings (SSSR count). The maximum atomic E-state index is 5.38. The maximum Gasteiger partial charge on any atom is 0.132 e. The molecule has 0 saturated carbocycles. The van der Waals surface area contributed by atoms with E-state index in [-0.39, 0.29) is 0 Å². The van der Waals surface area contributed by atoms with Crippen molar-refractivity contribution in [1.82, 2.24) is 5.32 Å². The fraction of sp³-hybridized carbons (Fsp3) is 0.538. The number of para-hydroxylation sites is 1. The van der Waals surface area contributed by atoms with Gasteiger partial charge in [0, 0.05) is 16.7 Å². The Hall–Kier alpha value is -0.670. The quantitative estimate of drug-likeness (QED) is 0.873. The van der Waals surface area contributed by atoms with Gasteiger partial charge in [0.25, 0.3) is 0 Å². The van der Waals surface area contributed by atoms with Gasteiger partial charge in [-0.15, -0.1) is 11.8 Å². The summed E-state index contributed by atoms with van der Waals surface area (Å²) in [4.78, 5) is 1.26. The molecule has 1 aliphatic rings. The largest absolute Gasteiger partial charge is 0.496 e. The Kier molecular flexibility index (Phi) is 4.55. The van der Waals surface area contributed by atoms with Gasteiger partial charge in [0.2, 0.25) is 0 Å². The summed E-state index contributed by atoms with van der Waals surface area (Å²) in [5.41, 5.74) is 0. The minimum absolute atomic E-state index is 0.679. The van der Waals surface area contributed by atoms with Crippen molar-refractivity contribution in [2.24, 2.45) is 0 Å². The van der Waals surface area contributed by atoms with Gasteiger partial charge in [-0.25, -0.2) is 0 Å². The van der Waals surface area contributed by atoms with E-state index in [4.69, 9.17) is 4.74 Å². The molecule has 1 atom stereocenters. The van der Waals surface area contributed by atoms with Crippen LogP contribution in [-0.2, 0) is 0 Å². The van der Waals surface area contributed by atoms with Crippen molar-refractivity contribution in [1.29, 1.82) is 0 Å². The highest BCUT2D eigenvalue weighted by atomic mass is 32.2. The Morgan fingerprint density at radius 3 is 3.06 bits per heavy atom. The van der Waals surface area contributed by atoms with E-state index >= 15 is 0 Å². The van der Waals surface area contributed by atoms with Gasteiger partial charge in [0.05, 0.1) is 7.11 Å². The van der Waals surface area contributed by atoms with Crippen LogP contribution in [0.25, 0.3) is 0 Å². The number of hydrogen-bond donors (Lipinski definition) is 1. The van der Waals surface area contributed by atoms with Crippen LogP contribution in [-0.4, -0.2) is 25.4 Å². The van der Waals surface area contributed by atoms with E-state index in [1.807, 2.05) is 23.9 Å². The van der Waals surface area contributed by atoms with E-state index in [0.717, 1.165) is 12.3 Å². The second-order valence-corrected chi connectivity index (χ2v) is 5.43. The van der Waals surface area contributed by atoms with Crippen molar-refractivity contribution in [3.05, 3.63) is 24.3 Å². The molecular formula is C13H19NOS. The van der Waals surface area contributed by atoms with Crippen LogP contribution in [0.3, 0.4) is 0 Å². The van der Waals surface area contributed by atoms with Gasteiger partial charge in [-0.2, -0.15) is 0 Å². The summed E-state index contributed by atoms with van der Waals surface area (Å²) in [6.45, 7) is 2.28. The Bertz CT molecular complexity index is 321. The molecule has 1 saturated heterocycles. The average Bonchev–Trinajstić information content (AvgIpc) is 2.58. The molecule has 3 heteroatoms. The molecule has 88 valence electrons. The Morgan fingerprint density at radius 2 is 2.19 bits per heavy atom. The molecular weight excluding hydrogens is 218 g/mol. The molecule has 1 heterocycles. The van der Waals surface area contributed by atoms with Gasteiger partial charge < -0.3 is 10.1 Å². The van der Waals surface area contributed by atoms with Crippen LogP contribution in [0.4, 0.5) is 0 Å². The average molecular weight is 237 g/mol. The van der Waals surface area contributed by atoms with E-state index in [2.05, 4.69) is 17.4 Å². The third-order valence-electron chi connectivity index (χ3n) is 2.86. The highest BCUT2D eigenvalue weighted by Crippen LogP contribution is 2.33. The summed E-state index contributed by atoms with van der Waals surface area (Å²) < 4.78 is 5.38. The fourth-order valence-electron chi connectivity index (χ4n) is 1.98. The smallest absolute Gasteiger partial charge is 0.132 e. The summed E-state index contributed by atoms with van der Waals surface area (Å²) in [6, 6.07) is 8.28. The van der Waals surface area contributed by atoms with E-state index in [1.54, 1.807) is 7.11 Å². The van der Waals surface area contributed by atoms with Crippen molar-refractivity contribution >= 4 is 11.8 Å². The van der Waals surface area contributed by atoms with Gasteiger partial charge >= 0.3 is 0 Å². The topological polar surface area (TPSA) is 21.3 Å². The van der Waals surface area contributed by atoms with Gasteiger partial charge in [-0.05, 0) is 31.5 Å². The zero-order chi connectivity index (χ0) is 11.2. The van der Waals surface area contributed by atoms with E-state index in [0.29, 0.717) is 5.25 Å². The second kappa shape index (κ2) is 6.16. The van der Waals surface area contributed by atoms with Crippen molar-refractivity contribution in [2.75, 3.05) is 20.2 Å². The third-order valence-corrected chi connectivity index (χ3v) is 4.19. The summed E-state index contributed by atoms with van der Waals surface area (Å²) in [5.74, 6) is 0.997. The van der Waals surface area contributed by atoms with Crippen LogP contribution in [0, 0.1) is 0 Å². The van der Waals surface area contributed by atoms with Crippen LogP contribution in [0.1, 0.15) is 19.3 Å². The SMILES string of the molecule is COc1ccccc1SC1CCCCNC1. The molecule has 1 aromatic carbocycles. The number of rotatable bonds is 3. The first-order valence-electron chi connectivity index (χ1n) is 5.90. The van der Waals surface area contributed by atoms with Gasteiger partial charge in [0.15, 0.2) is 0 Å². The molecule has 0 aliphatic carbocycles. The molecule has 0 amide bonds. The lowest BCUT2D eigenvalue weighted by molar-refractivity contribution is 0.404. The Balaban J connectivity index is 2.01. The molecule has 1 aromatic rings. The first-order valence-corrected chi connectivity index (χ1v) is 6.78. The van der Waals surface area contributed by atoms with E-state index in [1.165, 1.54) is 30.7 Å². The molecule has 1 aliphatic heterocycles. The van der Waals surface area contributed by atoms with Gasteiger partial charge in [-0.1, -0.05) is 18.6 Å². The van der Waals surface area contributed by atoms with Crippen LogP contribution in [0.15, 0.2) is 29.2 Å². The summed E-state index contributed by atoms with van der Waals surface area (Å²) >= 11 is 1.94. The molecule has 0 bridgehead atoms. The van der Waals surface area contributed by atoms with Crippen LogP contribution < -0.4 is 10.1 Å². The van der Waals surface area contributed by atoms with Gasteiger partial charge in [-0.3, -0.25) is 0 Å². The molecule has 1 N–H and O–H groups in total. The lowest BCUT2D eigenvalue weighted by Gasteiger charge is -2.15. The number of nitrogens with one attached hydrogen (secondary N) is 1. The van der Waals surface area contributed by atoms with Crippen molar-refractivity contribution < 1.29 is 4.74 Å². The normalized spacial score (nSPS) is 21.4. The molecule has 2 nitrogen and oxygen atoms in total. The first kappa shape index (κ1) is 11.8. The minimum Gasteiger partial charge on any atom is -0.496 e. The van der Waals surface area contributed by atoms with Crippen LogP contribution >= 0.6 is 11.8 Å². The fourth-order valence-corrected chi connectivity index (χ4v) is 3.25. The predicted molar refractivity (Wildman–Crippen MR) is 69.4 cm³/mol. The zero-order valence-electron chi connectivity index (χ0n) is 9.74. The molecule has 1 fully saturated rings. The highest BCUT2D eigenvalue weighted by Gasteiger charge is 2.14. The number of thioether (sulfide) groups is 1. The summed E-state index contributed by atoms with van der Waals surface area (Å²) in [6.07, 6.45) is 3.94. The number of ether oxygens (including phenoxy) is 1. The van der Waals surface area contributed by atoms with Crippen LogP contribution in [0.5, 0.6) is 5.75 Å². The van der Waals surface area contributed by atoms with E-state index < -0.39 is 0 Å². The highest BCUT2D eigenvalue weighted by molar-refractivity contribution is 8.00. The maximum absolute atomic E-state index is 5.38. The van der Waals surface area contributed by atoms with Crippen molar-refractivity contribution in [3.8, 4) is 5.75 Å². The zero-order valence-corrected chi connectivity index (χ0v) is 10.6. The number of methoxy groups -OCH3 is 1. The lowest BCUT2D eigenvalue weighted by atomic mass is 10.2. The van der Waals surface area contributed by atoms with Crippen molar-refractivity contribution in [3.63, 3.8) is 0 Å². The number of benzene rings is 1. The molecule has 0 radical (unpaired) electrons.